The molecule has 4 nitrogen and oxygen atoms in total. The van der Waals surface area contributed by atoms with E-state index in [0.717, 1.165) is 57.5 Å². The molecule has 1 saturated heterocycles. The topological polar surface area (TPSA) is 45.2 Å². The quantitative estimate of drug-likeness (QED) is 0.780. The fraction of sp³-hybridized carbons (Fsp3) is 0.500. The average molecular weight is 378 g/mol. The van der Waals surface area contributed by atoms with E-state index in [9.17, 15) is 4.79 Å². The Labute approximate surface area is 168 Å². The maximum Gasteiger partial charge on any atom is 0.120 e. The van der Waals surface area contributed by atoms with Gasteiger partial charge >= 0.3 is 0 Å². The molecule has 28 heavy (non-hydrogen) atoms. The first kappa shape index (κ1) is 19.3. The summed E-state index contributed by atoms with van der Waals surface area (Å²) in [4.78, 5) is 18.0. The lowest BCUT2D eigenvalue weighted by atomic mass is 9.77. The number of benzene rings is 1. The number of nitrogens with zero attached hydrogens (tertiary/aromatic N) is 2. The lowest BCUT2D eigenvalue weighted by Gasteiger charge is -2.39. The second-order valence-corrected chi connectivity index (χ2v) is 8.26. The SMILES string of the molecule is O=CCCC1CCN(Cc2ccccn2)CC1c1ccc2c(c1)CNCCC2. The summed E-state index contributed by atoms with van der Waals surface area (Å²) >= 11 is 0. The van der Waals surface area contributed by atoms with Crippen LogP contribution in [-0.2, 0) is 24.3 Å². The summed E-state index contributed by atoms with van der Waals surface area (Å²) in [5.41, 5.74) is 5.55. The molecule has 148 valence electrons. The van der Waals surface area contributed by atoms with Gasteiger partial charge in [0.15, 0.2) is 0 Å². The average Bonchev–Trinajstić information content (AvgIpc) is 2.98. The Hall–Kier alpha value is -2.04. The largest absolute Gasteiger partial charge is 0.313 e. The van der Waals surface area contributed by atoms with Gasteiger partial charge in [0.05, 0.1) is 5.69 Å². The highest BCUT2D eigenvalue weighted by molar-refractivity contribution is 5.49. The normalized spacial score (nSPS) is 23.0. The monoisotopic (exact) mass is 377 g/mol. The van der Waals surface area contributed by atoms with Gasteiger partial charge in [0, 0.05) is 32.3 Å². The molecule has 0 radical (unpaired) electrons. The van der Waals surface area contributed by atoms with Crippen LogP contribution in [0.1, 0.15) is 54.0 Å². The molecule has 4 rings (SSSR count). The van der Waals surface area contributed by atoms with E-state index < -0.39 is 0 Å². The molecule has 4 heteroatoms. The Morgan fingerprint density at radius 2 is 2.18 bits per heavy atom. The van der Waals surface area contributed by atoms with Crippen LogP contribution in [0.3, 0.4) is 0 Å². The highest BCUT2D eigenvalue weighted by Crippen LogP contribution is 2.36. The number of aldehydes is 1. The van der Waals surface area contributed by atoms with Crippen LogP contribution >= 0.6 is 0 Å². The summed E-state index contributed by atoms with van der Waals surface area (Å²) in [5.74, 6) is 1.08. The van der Waals surface area contributed by atoms with Gasteiger partial charge in [0.1, 0.15) is 6.29 Å². The highest BCUT2D eigenvalue weighted by atomic mass is 16.1. The van der Waals surface area contributed by atoms with Crippen molar-refractivity contribution >= 4 is 6.29 Å². The van der Waals surface area contributed by atoms with Gasteiger partial charge in [-0.05, 0) is 79.4 Å². The minimum Gasteiger partial charge on any atom is -0.313 e. The lowest BCUT2D eigenvalue weighted by molar-refractivity contribution is -0.108. The van der Waals surface area contributed by atoms with Crippen molar-refractivity contribution in [2.45, 2.75) is 51.1 Å². The van der Waals surface area contributed by atoms with Gasteiger partial charge in [-0.15, -0.1) is 0 Å². The van der Waals surface area contributed by atoms with Gasteiger partial charge in [-0.25, -0.2) is 0 Å². The zero-order valence-electron chi connectivity index (χ0n) is 16.6. The molecule has 0 amide bonds. The number of likely N-dealkylation sites (tertiary alicyclic amines) is 1. The molecule has 2 unspecified atom stereocenters. The fourth-order valence-electron chi connectivity index (χ4n) is 4.85. The first-order valence-corrected chi connectivity index (χ1v) is 10.7. The summed E-state index contributed by atoms with van der Waals surface area (Å²) in [6.45, 7) is 5.12. The molecule has 0 saturated carbocycles. The van der Waals surface area contributed by atoms with Crippen molar-refractivity contribution in [3.63, 3.8) is 0 Å². The molecular weight excluding hydrogens is 346 g/mol. The minimum absolute atomic E-state index is 0.492. The molecule has 1 N–H and O–H groups in total. The third kappa shape index (κ3) is 4.68. The van der Waals surface area contributed by atoms with Crippen LogP contribution in [0.15, 0.2) is 42.6 Å². The maximum atomic E-state index is 11.0. The minimum atomic E-state index is 0.492. The van der Waals surface area contributed by atoms with Gasteiger partial charge in [-0.3, -0.25) is 9.88 Å². The molecule has 2 atom stereocenters. The molecule has 1 aromatic heterocycles. The number of hydrogen-bond acceptors (Lipinski definition) is 4. The number of carbonyl (C=O) groups is 1. The predicted octanol–water partition coefficient (Wildman–Crippen LogP) is 3.70. The van der Waals surface area contributed by atoms with Crippen LogP contribution in [-0.4, -0.2) is 35.8 Å². The van der Waals surface area contributed by atoms with Crippen molar-refractivity contribution in [3.05, 3.63) is 65.0 Å². The van der Waals surface area contributed by atoms with Gasteiger partial charge in [0.25, 0.3) is 0 Å². The predicted molar refractivity (Wildman–Crippen MR) is 112 cm³/mol. The Morgan fingerprint density at radius 3 is 3.04 bits per heavy atom. The summed E-state index contributed by atoms with van der Waals surface area (Å²) in [6.07, 6.45) is 8.18. The van der Waals surface area contributed by atoms with E-state index in [2.05, 4.69) is 45.5 Å². The van der Waals surface area contributed by atoms with E-state index >= 15 is 0 Å². The molecule has 2 aliphatic rings. The molecule has 0 aliphatic carbocycles. The van der Waals surface area contributed by atoms with Crippen LogP contribution in [0, 0.1) is 5.92 Å². The van der Waals surface area contributed by atoms with Crippen molar-refractivity contribution in [3.8, 4) is 0 Å². The molecular formula is C24H31N3O. The Kier molecular flexibility index (Phi) is 6.50. The Bertz CT molecular complexity index is 777. The molecule has 1 aromatic carbocycles. The van der Waals surface area contributed by atoms with Crippen molar-refractivity contribution in [2.24, 2.45) is 5.92 Å². The number of pyridine rings is 1. The van der Waals surface area contributed by atoms with Crippen molar-refractivity contribution in [1.29, 1.82) is 0 Å². The number of carbonyl (C=O) groups excluding carboxylic acids is 1. The third-order valence-corrected chi connectivity index (χ3v) is 6.38. The van der Waals surface area contributed by atoms with E-state index in [-0.39, 0.29) is 0 Å². The summed E-state index contributed by atoms with van der Waals surface area (Å²) < 4.78 is 0. The molecule has 2 aliphatic heterocycles. The number of fused-ring (bicyclic) bond motifs is 1. The van der Waals surface area contributed by atoms with E-state index in [1.165, 1.54) is 29.5 Å². The summed E-state index contributed by atoms with van der Waals surface area (Å²) in [7, 11) is 0. The summed E-state index contributed by atoms with van der Waals surface area (Å²) in [5, 5.41) is 3.56. The fourth-order valence-corrected chi connectivity index (χ4v) is 4.85. The smallest absolute Gasteiger partial charge is 0.120 e. The third-order valence-electron chi connectivity index (χ3n) is 6.38. The van der Waals surface area contributed by atoms with E-state index in [4.69, 9.17) is 0 Å². The maximum absolute atomic E-state index is 11.0. The first-order valence-electron chi connectivity index (χ1n) is 10.7. The lowest BCUT2D eigenvalue weighted by Crippen LogP contribution is -2.39. The summed E-state index contributed by atoms with van der Waals surface area (Å²) in [6, 6.07) is 13.3. The van der Waals surface area contributed by atoms with Crippen molar-refractivity contribution in [2.75, 3.05) is 19.6 Å². The van der Waals surface area contributed by atoms with Crippen molar-refractivity contribution in [1.82, 2.24) is 15.2 Å². The molecule has 0 spiro atoms. The zero-order valence-corrected chi connectivity index (χ0v) is 16.6. The standard InChI is InChI=1S/C24H31N3O/c28-14-4-6-20-10-13-27(17-23-7-1-2-12-26-23)18-24(20)21-9-8-19-5-3-11-25-16-22(19)15-21/h1-2,7-9,12,14-15,20,24-25H,3-6,10-11,13,16-18H2. The molecule has 0 bridgehead atoms. The number of piperidine rings is 1. The number of rotatable bonds is 6. The molecule has 1 fully saturated rings. The number of hydrogen-bond donors (Lipinski definition) is 1. The van der Waals surface area contributed by atoms with Crippen LogP contribution in [0.25, 0.3) is 0 Å². The Balaban J connectivity index is 1.54. The second-order valence-electron chi connectivity index (χ2n) is 8.26. The van der Waals surface area contributed by atoms with Gasteiger partial charge in [-0.2, -0.15) is 0 Å². The van der Waals surface area contributed by atoms with E-state index in [0.29, 0.717) is 18.3 Å². The van der Waals surface area contributed by atoms with Crippen LogP contribution in [0.2, 0.25) is 0 Å². The second kappa shape index (κ2) is 9.44. The van der Waals surface area contributed by atoms with E-state index in [1.807, 2.05) is 12.3 Å². The van der Waals surface area contributed by atoms with Gasteiger partial charge in [-0.1, -0.05) is 24.3 Å². The first-order chi connectivity index (χ1) is 13.8. The zero-order chi connectivity index (χ0) is 19.2. The molecule has 3 heterocycles. The van der Waals surface area contributed by atoms with Crippen molar-refractivity contribution < 1.29 is 4.79 Å². The highest BCUT2D eigenvalue weighted by Gasteiger charge is 2.30. The van der Waals surface area contributed by atoms with Crippen LogP contribution < -0.4 is 5.32 Å². The number of aryl methyl sites for hydroxylation is 1. The molecule has 2 aromatic rings. The van der Waals surface area contributed by atoms with Gasteiger partial charge < -0.3 is 10.1 Å². The van der Waals surface area contributed by atoms with Gasteiger partial charge in [0.2, 0.25) is 0 Å². The van der Waals surface area contributed by atoms with E-state index in [1.54, 1.807) is 0 Å². The van der Waals surface area contributed by atoms with Crippen LogP contribution in [0.4, 0.5) is 0 Å². The number of nitrogens with one attached hydrogen (secondary N) is 1. The Morgan fingerprint density at radius 1 is 1.21 bits per heavy atom. The van der Waals surface area contributed by atoms with Crippen LogP contribution in [0.5, 0.6) is 0 Å². The number of aromatic nitrogens is 1.